The fraction of sp³-hybridized carbons (Fsp3) is 0.450. The molecule has 0 amide bonds. The number of aromatic nitrogens is 2. The van der Waals surface area contributed by atoms with Crippen molar-refractivity contribution in [2.75, 3.05) is 17.6 Å². The molecule has 3 N–H and O–H groups in total. The molecule has 0 saturated heterocycles. The van der Waals surface area contributed by atoms with Crippen molar-refractivity contribution in [3.05, 3.63) is 50.9 Å². The lowest BCUT2D eigenvalue weighted by atomic mass is 10.1. The van der Waals surface area contributed by atoms with Crippen LogP contribution in [0, 0.1) is 0 Å². The average molecular weight is 440 g/mol. The highest BCUT2D eigenvalue weighted by molar-refractivity contribution is 7.99. The molecule has 0 aliphatic rings. The van der Waals surface area contributed by atoms with E-state index in [1.807, 2.05) is 20.8 Å². The zero-order valence-electron chi connectivity index (χ0n) is 16.7. The number of aliphatic hydroxyl groups is 1. The molecule has 158 valence electrons. The number of thioether (sulfide) groups is 1. The Hall–Kier alpha value is -2.03. The van der Waals surface area contributed by atoms with Gasteiger partial charge in [0.15, 0.2) is 0 Å². The van der Waals surface area contributed by atoms with E-state index in [2.05, 4.69) is 10.4 Å². The molecule has 9 heteroatoms. The number of carboxylic acids is 1. The fourth-order valence-corrected chi connectivity index (χ4v) is 3.93. The van der Waals surface area contributed by atoms with Crippen LogP contribution >= 0.6 is 23.4 Å². The van der Waals surface area contributed by atoms with Gasteiger partial charge in [-0.15, -0.1) is 11.8 Å². The van der Waals surface area contributed by atoms with Crippen LogP contribution in [0.4, 0.5) is 5.69 Å². The number of halogens is 1. The first-order chi connectivity index (χ1) is 13.7. The van der Waals surface area contributed by atoms with E-state index in [1.54, 1.807) is 18.2 Å². The maximum Gasteiger partial charge on any atom is 0.335 e. The van der Waals surface area contributed by atoms with E-state index < -0.39 is 12.1 Å². The first-order valence-electron chi connectivity index (χ1n) is 9.42. The van der Waals surface area contributed by atoms with E-state index in [0.29, 0.717) is 11.4 Å². The Kier molecular flexibility index (Phi) is 8.55. The summed E-state index contributed by atoms with van der Waals surface area (Å²) in [5.74, 6) is -0.544. The van der Waals surface area contributed by atoms with Crippen LogP contribution in [0.1, 0.15) is 49.2 Å². The highest BCUT2D eigenvalue weighted by Gasteiger charge is 2.14. The number of rotatable bonds is 10. The van der Waals surface area contributed by atoms with Crippen molar-refractivity contribution in [3.63, 3.8) is 0 Å². The molecule has 1 heterocycles. The highest BCUT2D eigenvalue weighted by atomic mass is 35.5. The number of hydrogen-bond donors (Lipinski definition) is 3. The van der Waals surface area contributed by atoms with Gasteiger partial charge in [0.25, 0.3) is 5.56 Å². The topological polar surface area (TPSA) is 104 Å². The van der Waals surface area contributed by atoms with Gasteiger partial charge in [-0.3, -0.25) is 4.79 Å². The van der Waals surface area contributed by atoms with Gasteiger partial charge in [0.05, 0.1) is 29.6 Å². The number of aliphatic hydroxyl groups excluding tert-OH is 1. The largest absolute Gasteiger partial charge is 0.478 e. The Morgan fingerprint density at radius 2 is 2.10 bits per heavy atom. The summed E-state index contributed by atoms with van der Waals surface area (Å²) < 4.78 is 1.30. The van der Waals surface area contributed by atoms with Gasteiger partial charge in [0.1, 0.15) is 5.02 Å². The first kappa shape index (κ1) is 23.3. The number of aromatic carboxylic acids is 1. The number of anilines is 1. The molecular formula is C20H26ClN3O4S. The molecule has 0 saturated carbocycles. The predicted octanol–water partition coefficient (Wildman–Crippen LogP) is 3.69. The zero-order chi connectivity index (χ0) is 21.6. The van der Waals surface area contributed by atoms with Crippen molar-refractivity contribution in [3.8, 4) is 0 Å². The van der Waals surface area contributed by atoms with Gasteiger partial charge in [-0.1, -0.05) is 24.9 Å². The van der Waals surface area contributed by atoms with Crippen molar-refractivity contribution < 1.29 is 15.0 Å². The summed E-state index contributed by atoms with van der Waals surface area (Å²) in [6.45, 7) is 5.92. The molecular weight excluding hydrogens is 414 g/mol. The molecule has 0 aliphatic heterocycles. The Balaban J connectivity index is 1.99. The van der Waals surface area contributed by atoms with Crippen LogP contribution in [0.15, 0.2) is 34.1 Å². The monoisotopic (exact) mass is 439 g/mol. The van der Waals surface area contributed by atoms with Crippen LogP contribution in [0.2, 0.25) is 5.02 Å². The number of carbonyl (C=O) groups is 1. The molecule has 1 atom stereocenters. The van der Waals surface area contributed by atoms with Crippen LogP contribution in [-0.2, 0) is 6.42 Å². The van der Waals surface area contributed by atoms with E-state index in [1.165, 1.54) is 22.6 Å². The van der Waals surface area contributed by atoms with Gasteiger partial charge in [-0.2, -0.15) is 5.10 Å². The molecule has 2 rings (SSSR count). The smallest absolute Gasteiger partial charge is 0.335 e. The number of benzene rings is 1. The summed E-state index contributed by atoms with van der Waals surface area (Å²) in [5, 5.41) is 26.6. The zero-order valence-corrected chi connectivity index (χ0v) is 18.3. The molecule has 1 aromatic carbocycles. The molecule has 2 aromatic rings. The summed E-state index contributed by atoms with van der Waals surface area (Å²) in [7, 11) is 0. The molecule has 0 bridgehead atoms. The third-order valence-electron chi connectivity index (χ3n) is 4.22. The van der Waals surface area contributed by atoms with Crippen LogP contribution in [0.25, 0.3) is 0 Å². The van der Waals surface area contributed by atoms with Crippen molar-refractivity contribution in [2.45, 2.75) is 50.7 Å². The maximum atomic E-state index is 12.2. The first-order valence-corrected chi connectivity index (χ1v) is 10.8. The Labute approximate surface area is 179 Å². The lowest BCUT2D eigenvalue weighted by molar-refractivity contribution is 0.0696. The minimum Gasteiger partial charge on any atom is -0.478 e. The van der Waals surface area contributed by atoms with Crippen molar-refractivity contribution in [1.82, 2.24) is 9.78 Å². The van der Waals surface area contributed by atoms with Crippen LogP contribution in [0.5, 0.6) is 0 Å². The van der Waals surface area contributed by atoms with E-state index in [4.69, 9.17) is 16.7 Å². The van der Waals surface area contributed by atoms with E-state index in [0.717, 1.165) is 23.3 Å². The van der Waals surface area contributed by atoms with Gasteiger partial charge in [0.2, 0.25) is 0 Å². The lowest BCUT2D eigenvalue weighted by Crippen LogP contribution is -2.27. The second kappa shape index (κ2) is 10.7. The van der Waals surface area contributed by atoms with Gasteiger partial charge in [-0.05, 0) is 44.0 Å². The van der Waals surface area contributed by atoms with Crippen molar-refractivity contribution >= 4 is 35.0 Å². The van der Waals surface area contributed by atoms with Gasteiger partial charge in [-0.25, -0.2) is 9.48 Å². The number of hydrogen-bond acceptors (Lipinski definition) is 6. The second-order valence-corrected chi connectivity index (χ2v) is 8.38. The van der Waals surface area contributed by atoms with Gasteiger partial charge < -0.3 is 15.5 Å². The van der Waals surface area contributed by atoms with Crippen molar-refractivity contribution in [2.24, 2.45) is 0 Å². The number of nitrogens with zero attached hydrogens (tertiary/aromatic N) is 2. The molecule has 0 spiro atoms. The number of aryl methyl sites for hydroxylation is 1. The van der Waals surface area contributed by atoms with Gasteiger partial charge >= 0.3 is 5.97 Å². The summed E-state index contributed by atoms with van der Waals surface area (Å²) >= 11 is 7.59. The molecule has 0 fully saturated rings. The molecule has 1 unspecified atom stereocenters. The Morgan fingerprint density at radius 3 is 2.72 bits per heavy atom. The molecule has 7 nitrogen and oxygen atoms in total. The molecule has 0 aliphatic carbocycles. The lowest BCUT2D eigenvalue weighted by Gasteiger charge is -2.16. The van der Waals surface area contributed by atoms with Crippen molar-refractivity contribution in [1.29, 1.82) is 0 Å². The Bertz CT molecular complexity index is 917. The van der Waals surface area contributed by atoms with Crippen LogP contribution < -0.4 is 10.9 Å². The molecule has 29 heavy (non-hydrogen) atoms. The van der Waals surface area contributed by atoms with E-state index in [9.17, 15) is 14.7 Å². The highest BCUT2D eigenvalue weighted by Crippen LogP contribution is 2.26. The normalized spacial score (nSPS) is 12.2. The SMILES string of the molecule is CCCc1cc(C(=O)O)ccc1SCC(O)CNc1cnn(C(C)C)c(=O)c1Cl. The average Bonchev–Trinajstić information content (AvgIpc) is 2.67. The second-order valence-electron chi connectivity index (χ2n) is 6.94. The summed E-state index contributed by atoms with van der Waals surface area (Å²) in [4.78, 5) is 24.3. The molecule has 0 radical (unpaired) electrons. The van der Waals surface area contributed by atoms with Crippen LogP contribution in [0.3, 0.4) is 0 Å². The van der Waals surface area contributed by atoms with E-state index >= 15 is 0 Å². The van der Waals surface area contributed by atoms with Gasteiger partial charge in [0, 0.05) is 17.2 Å². The standard InChI is InChI=1S/C20H26ClN3O4S/c1-4-5-13-8-14(20(27)28)6-7-17(13)29-11-15(25)9-22-16-10-23-24(12(2)3)19(26)18(16)21/h6-8,10,12,15,22,25H,4-5,9,11H2,1-3H3,(H,27,28). The number of nitrogens with one attached hydrogen (secondary N) is 1. The summed E-state index contributed by atoms with van der Waals surface area (Å²) in [5.41, 5.74) is 1.23. The quantitative estimate of drug-likeness (QED) is 0.485. The third kappa shape index (κ3) is 6.22. The minimum absolute atomic E-state index is 0.0445. The Morgan fingerprint density at radius 1 is 1.38 bits per heavy atom. The van der Waals surface area contributed by atoms with Crippen LogP contribution in [-0.4, -0.2) is 44.4 Å². The maximum absolute atomic E-state index is 12.2. The fourth-order valence-electron chi connectivity index (χ4n) is 2.73. The summed E-state index contributed by atoms with van der Waals surface area (Å²) in [6, 6.07) is 4.95. The molecule has 1 aromatic heterocycles. The third-order valence-corrected chi connectivity index (χ3v) is 5.84. The number of carboxylic acid groups (broad SMARTS) is 1. The summed E-state index contributed by atoms with van der Waals surface area (Å²) in [6.07, 6.45) is 2.45. The van der Waals surface area contributed by atoms with E-state index in [-0.39, 0.29) is 28.7 Å². The predicted molar refractivity (Wildman–Crippen MR) is 117 cm³/mol. The minimum atomic E-state index is -0.951.